The summed E-state index contributed by atoms with van der Waals surface area (Å²) >= 11 is 0. The van der Waals surface area contributed by atoms with E-state index in [9.17, 15) is 8.42 Å². The van der Waals surface area contributed by atoms with Gasteiger partial charge in [0.25, 0.3) is 0 Å². The molecule has 0 amide bonds. The largest absolute Gasteiger partial charge is 0.377 e. The van der Waals surface area contributed by atoms with Crippen molar-refractivity contribution in [3.8, 4) is 0 Å². The molecule has 0 saturated carbocycles. The van der Waals surface area contributed by atoms with Crippen LogP contribution in [0.1, 0.15) is 12.8 Å². The van der Waals surface area contributed by atoms with Gasteiger partial charge in [-0.1, -0.05) is 18.2 Å². The quantitative estimate of drug-likeness (QED) is 0.810. The maximum absolute atomic E-state index is 12.2. The number of benzene rings is 1. The van der Waals surface area contributed by atoms with Crippen molar-refractivity contribution >= 4 is 9.84 Å². The highest BCUT2D eigenvalue weighted by atomic mass is 32.2. The zero-order valence-electron chi connectivity index (χ0n) is 9.09. The van der Waals surface area contributed by atoms with Crippen molar-refractivity contribution in [2.24, 2.45) is 0 Å². The third kappa shape index (κ3) is 2.03. The monoisotopic (exact) mass is 238 g/mol. The second kappa shape index (κ2) is 4.39. The first-order valence-corrected chi connectivity index (χ1v) is 6.66. The molecule has 0 fully saturated rings. The number of allylic oxidation sites excluding steroid dienone is 1. The summed E-state index contributed by atoms with van der Waals surface area (Å²) in [6.07, 6.45) is 2.96. The van der Waals surface area contributed by atoms with Gasteiger partial charge in [-0.15, -0.1) is 0 Å². The Hall–Kier alpha value is -1.13. The maximum atomic E-state index is 12.2. The molecule has 0 aromatic heterocycles. The average Bonchev–Trinajstić information content (AvgIpc) is 2.79. The Labute approximate surface area is 95.7 Å². The van der Waals surface area contributed by atoms with Crippen LogP contribution in [0.4, 0.5) is 0 Å². The third-order valence-corrected chi connectivity index (χ3v) is 4.67. The van der Waals surface area contributed by atoms with Gasteiger partial charge in [0, 0.05) is 12.0 Å². The topological polar surface area (TPSA) is 43.4 Å². The predicted octanol–water partition coefficient (Wildman–Crippen LogP) is 2.15. The van der Waals surface area contributed by atoms with Gasteiger partial charge in [0.1, 0.15) is 0 Å². The summed E-state index contributed by atoms with van der Waals surface area (Å²) in [5.74, 6) is 0. The standard InChI is InChI=1S/C12H14O3S/c1-15-10-7-8-12(9-10)16(13,14)11-5-3-2-4-6-11/h2-6,9-10H,7-8H2,1H3. The Bertz CT molecular complexity index is 488. The lowest BCUT2D eigenvalue weighted by Crippen LogP contribution is -2.03. The van der Waals surface area contributed by atoms with Gasteiger partial charge in [-0.05, 0) is 31.1 Å². The highest BCUT2D eigenvalue weighted by molar-refractivity contribution is 7.95. The molecule has 0 bridgehead atoms. The normalized spacial score (nSPS) is 20.8. The summed E-state index contributed by atoms with van der Waals surface area (Å²) in [7, 11) is -1.70. The lowest BCUT2D eigenvalue weighted by molar-refractivity contribution is 0.141. The molecule has 0 saturated heterocycles. The van der Waals surface area contributed by atoms with E-state index in [1.54, 1.807) is 43.5 Å². The summed E-state index contributed by atoms with van der Waals surface area (Å²) in [6, 6.07) is 8.51. The maximum Gasteiger partial charge on any atom is 0.202 e. The molecular weight excluding hydrogens is 224 g/mol. The van der Waals surface area contributed by atoms with Crippen LogP contribution in [0.3, 0.4) is 0 Å². The summed E-state index contributed by atoms with van der Waals surface area (Å²) < 4.78 is 29.5. The Morgan fingerprint density at radius 3 is 2.50 bits per heavy atom. The smallest absolute Gasteiger partial charge is 0.202 e. The zero-order valence-corrected chi connectivity index (χ0v) is 9.91. The molecule has 16 heavy (non-hydrogen) atoms. The molecule has 4 heteroatoms. The Kier molecular flexibility index (Phi) is 3.12. The molecule has 2 rings (SSSR count). The van der Waals surface area contributed by atoms with Crippen LogP contribution in [0, 0.1) is 0 Å². The highest BCUT2D eigenvalue weighted by Crippen LogP contribution is 2.29. The number of rotatable bonds is 3. The number of hydrogen-bond donors (Lipinski definition) is 0. The lowest BCUT2D eigenvalue weighted by Gasteiger charge is -2.03. The van der Waals surface area contributed by atoms with Crippen molar-refractivity contribution in [3.63, 3.8) is 0 Å². The first-order chi connectivity index (χ1) is 7.64. The zero-order chi connectivity index (χ0) is 11.6. The van der Waals surface area contributed by atoms with Gasteiger partial charge in [-0.2, -0.15) is 0 Å². The van der Waals surface area contributed by atoms with Crippen LogP contribution >= 0.6 is 0 Å². The lowest BCUT2D eigenvalue weighted by atomic mass is 10.3. The van der Waals surface area contributed by atoms with E-state index in [0.29, 0.717) is 16.2 Å². The van der Waals surface area contributed by atoms with E-state index in [4.69, 9.17) is 4.74 Å². The molecule has 0 spiro atoms. The minimum atomic E-state index is -3.30. The van der Waals surface area contributed by atoms with Crippen molar-refractivity contribution in [2.45, 2.75) is 23.8 Å². The van der Waals surface area contributed by atoms with Gasteiger partial charge in [0.15, 0.2) is 0 Å². The van der Waals surface area contributed by atoms with E-state index in [0.717, 1.165) is 6.42 Å². The predicted molar refractivity (Wildman–Crippen MR) is 61.7 cm³/mol. The van der Waals surface area contributed by atoms with Gasteiger partial charge < -0.3 is 4.74 Å². The van der Waals surface area contributed by atoms with E-state index in [1.807, 2.05) is 0 Å². The second-order valence-electron chi connectivity index (χ2n) is 3.76. The van der Waals surface area contributed by atoms with Gasteiger partial charge in [-0.25, -0.2) is 8.42 Å². The fourth-order valence-electron chi connectivity index (χ4n) is 1.82. The molecule has 1 atom stereocenters. The number of sulfone groups is 1. The van der Waals surface area contributed by atoms with Gasteiger partial charge >= 0.3 is 0 Å². The molecule has 86 valence electrons. The Morgan fingerprint density at radius 2 is 1.94 bits per heavy atom. The summed E-state index contributed by atoms with van der Waals surface area (Å²) in [4.78, 5) is 0.837. The SMILES string of the molecule is COC1C=C(S(=O)(=O)c2ccccc2)CC1. The first-order valence-electron chi connectivity index (χ1n) is 5.18. The third-order valence-electron chi connectivity index (χ3n) is 2.75. The van der Waals surface area contributed by atoms with E-state index in [2.05, 4.69) is 0 Å². The van der Waals surface area contributed by atoms with Crippen LogP contribution in [-0.4, -0.2) is 21.6 Å². The van der Waals surface area contributed by atoms with Crippen LogP contribution in [0.15, 0.2) is 46.2 Å². The van der Waals surface area contributed by atoms with Crippen molar-refractivity contribution in [1.82, 2.24) is 0 Å². The Morgan fingerprint density at radius 1 is 1.25 bits per heavy atom. The van der Waals surface area contributed by atoms with Crippen LogP contribution < -0.4 is 0 Å². The van der Waals surface area contributed by atoms with Crippen LogP contribution in [0.2, 0.25) is 0 Å². The summed E-state index contributed by atoms with van der Waals surface area (Å²) in [5, 5.41) is 0. The number of ether oxygens (including phenoxy) is 1. The molecule has 0 radical (unpaired) electrons. The average molecular weight is 238 g/mol. The molecule has 0 heterocycles. The van der Waals surface area contributed by atoms with Crippen molar-refractivity contribution in [2.75, 3.05) is 7.11 Å². The van der Waals surface area contributed by atoms with E-state index >= 15 is 0 Å². The second-order valence-corrected chi connectivity index (χ2v) is 5.76. The van der Waals surface area contributed by atoms with E-state index in [-0.39, 0.29) is 6.10 Å². The summed E-state index contributed by atoms with van der Waals surface area (Å²) in [5.41, 5.74) is 0. The van der Waals surface area contributed by atoms with Crippen LogP contribution in [0.5, 0.6) is 0 Å². The Balaban J connectivity index is 2.35. The van der Waals surface area contributed by atoms with Crippen molar-refractivity contribution in [1.29, 1.82) is 0 Å². The molecule has 1 aromatic rings. The fraction of sp³-hybridized carbons (Fsp3) is 0.333. The minimum Gasteiger partial charge on any atom is -0.377 e. The molecular formula is C12H14O3S. The fourth-order valence-corrected chi connectivity index (χ4v) is 3.36. The molecule has 1 unspecified atom stereocenters. The van der Waals surface area contributed by atoms with Gasteiger partial charge in [0.2, 0.25) is 9.84 Å². The minimum absolute atomic E-state index is 0.0616. The van der Waals surface area contributed by atoms with Gasteiger partial charge in [-0.3, -0.25) is 0 Å². The van der Waals surface area contributed by atoms with Crippen LogP contribution in [0.25, 0.3) is 0 Å². The summed E-state index contributed by atoms with van der Waals surface area (Å²) in [6.45, 7) is 0. The first kappa shape index (κ1) is 11.4. The molecule has 3 nitrogen and oxygen atoms in total. The highest BCUT2D eigenvalue weighted by Gasteiger charge is 2.26. The molecule has 1 aromatic carbocycles. The van der Waals surface area contributed by atoms with Crippen molar-refractivity contribution in [3.05, 3.63) is 41.3 Å². The molecule has 0 N–H and O–H groups in total. The molecule has 0 aliphatic heterocycles. The molecule has 1 aliphatic carbocycles. The van der Waals surface area contributed by atoms with Gasteiger partial charge in [0.05, 0.1) is 11.0 Å². The van der Waals surface area contributed by atoms with E-state index in [1.165, 1.54) is 0 Å². The van der Waals surface area contributed by atoms with Crippen molar-refractivity contribution < 1.29 is 13.2 Å². The number of hydrogen-bond acceptors (Lipinski definition) is 3. The van der Waals surface area contributed by atoms with Crippen LogP contribution in [-0.2, 0) is 14.6 Å². The van der Waals surface area contributed by atoms with E-state index < -0.39 is 9.84 Å². The number of methoxy groups -OCH3 is 1. The molecule has 1 aliphatic rings.